The second kappa shape index (κ2) is 9.77. The molecule has 1 atom stereocenters. The molecule has 0 spiro atoms. The van der Waals surface area contributed by atoms with Gasteiger partial charge in [0.15, 0.2) is 5.41 Å². The molecule has 9 nitrogen and oxygen atoms in total. The van der Waals surface area contributed by atoms with Crippen LogP contribution in [0, 0.1) is 11.3 Å². The van der Waals surface area contributed by atoms with Crippen LogP contribution in [-0.4, -0.2) is 51.6 Å². The number of carbonyl (C=O) groups is 3. The van der Waals surface area contributed by atoms with Crippen LogP contribution >= 0.6 is 0 Å². The van der Waals surface area contributed by atoms with Gasteiger partial charge in [-0.25, -0.2) is 12.4 Å². The standard InChI is InChI=1S/C26H27NO8S/c1-33-23(28)17-13-14-26(24(29)34-2,25(30)35-3)16-22-20(15-17)19-11-7-8-12-21(19)27(22)36(31,32)18-9-5-4-6-10-18/h4-12,17H,13-16H2,1-3H3. The Bertz CT molecular complexity index is 1410. The van der Waals surface area contributed by atoms with E-state index in [1.807, 2.05) is 0 Å². The highest BCUT2D eigenvalue weighted by Crippen LogP contribution is 2.42. The Balaban J connectivity index is 2.10. The molecule has 1 unspecified atom stereocenters. The molecule has 4 rings (SSSR count). The normalized spacial score (nSPS) is 17.4. The number of ether oxygens (including phenoxy) is 3. The number of fused-ring (bicyclic) bond motifs is 3. The number of para-hydroxylation sites is 1. The van der Waals surface area contributed by atoms with E-state index in [0.29, 0.717) is 16.5 Å². The van der Waals surface area contributed by atoms with Gasteiger partial charge in [0, 0.05) is 17.5 Å². The number of aromatic nitrogens is 1. The van der Waals surface area contributed by atoms with Gasteiger partial charge in [-0.3, -0.25) is 14.4 Å². The van der Waals surface area contributed by atoms with Crippen LogP contribution in [0.2, 0.25) is 0 Å². The molecule has 1 aromatic heterocycles. The van der Waals surface area contributed by atoms with E-state index in [4.69, 9.17) is 14.2 Å². The third-order valence-electron chi connectivity index (χ3n) is 6.85. The average Bonchev–Trinajstić information content (AvgIpc) is 3.20. The van der Waals surface area contributed by atoms with Crippen LogP contribution in [0.25, 0.3) is 10.9 Å². The zero-order valence-electron chi connectivity index (χ0n) is 20.2. The molecule has 0 radical (unpaired) electrons. The van der Waals surface area contributed by atoms with Crippen LogP contribution in [0.4, 0.5) is 0 Å². The number of benzene rings is 2. The summed E-state index contributed by atoms with van der Waals surface area (Å²) in [7, 11) is -0.584. The first-order valence-corrected chi connectivity index (χ1v) is 12.8. The average molecular weight is 514 g/mol. The SMILES string of the molecule is COC(=O)C1CCC(C(=O)OC)(C(=O)OC)Cc2c(c3ccccc3n2S(=O)(=O)c2ccccc2)C1. The molecular formula is C26H27NO8S. The van der Waals surface area contributed by atoms with Gasteiger partial charge >= 0.3 is 17.9 Å². The van der Waals surface area contributed by atoms with Crippen molar-refractivity contribution in [2.24, 2.45) is 11.3 Å². The summed E-state index contributed by atoms with van der Waals surface area (Å²) in [5.74, 6) is -2.96. The molecule has 3 aromatic rings. The first-order valence-electron chi connectivity index (χ1n) is 11.4. The molecule has 1 aliphatic rings. The summed E-state index contributed by atoms with van der Waals surface area (Å²) in [4.78, 5) is 39.1. The van der Waals surface area contributed by atoms with E-state index in [-0.39, 0.29) is 36.3 Å². The van der Waals surface area contributed by atoms with E-state index in [9.17, 15) is 22.8 Å². The van der Waals surface area contributed by atoms with E-state index in [2.05, 4.69) is 0 Å². The van der Waals surface area contributed by atoms with Crippen molar-refractivity contribution in [2.45, 2.75) is 30.6 Å². The molecule has 2 aromatic carbocycles. The highest BCUT2D eigenvalue weighted by molar-refractivity contribution is 7.90. The number of esters is 3. The van der Waals surface area contributed by atoms with Crippen LogP contribution < -0.4 is 0 Å². The van der Waals surface area contributed by atoms with Crippen LogP contribution in [-0.2, 0) is 51.5 Å². The lowest BCUT2D eigenvalue weighted by atomic mass is 9.73. The van der Waals surface area contributed by atoms with Crippen molar-refractivity contribution in [3.63, 3.8) is 0 Å². The summed E-state index contributed by atoms with van der Waals surface area (Å²) in [6.07, 6.45) is -0.0473. The smallest absolute Gasteiger partial charge is 0.323 e. The maximum atomic E-state index is 14.0. The van der Waals surface area contributed by atoms with Crippen molar-refractivity contribution in [3.8, 4) is 0 Å². The van der Waals surface area contributed by atoms with Gasteiger partial charge in [-0.15, -0.1) is 0 Å². The zero-order valence-corrected chi connectivity index (χ0v) is 21.0. The fourth-order valence-electron chi connectivity index (χ4n) is 5.04. The van der Waals surface area contributed by atoms with Gasteiger partial charge in [-0.2, -0.15) is 0 Å². The van der Waals surface area contributed by atoms with Crippen LogP contribution in [0.5, 0.6) is 0 Å². The minimum absolute atomic E-state index is 0.0434. The number of carbonyl (C=O) groups excluding carboxylic acids is 3. The highest BCUT2D eigenvalue weighted by atomic mass is 32.2. The van der Waals surface area contributed by atoms with E-state index in [1.54, 1.807) is 42.5 Å². The Morgan fingerprint density at radius 1 is 0.889 bits per heavy atom. The molecule has 1 aliphatic carbocycles. The molecule has 1 heterocycles. The topological polar surface area (TPSA) is 118 Å². The van der Waals surface area contributed by atoms with Crippen molar-refractivity contribution >= 4 is 38.8 Å². The van der Waals surface area contributed by atoms with Gasteiger partial charge < -0.3 is 14.2 Å². The largest absolute Gasteiger partial charge is 0.469 e. The van der Waals surface area contributed by atoms with Gasteiger partial charge in [-0.05, 0) is 43.0 Å². The van der Waals surface area contributed by atoms with Crippen molar-refractivity contribution in [3.05, 3.63) is 65.9 Å². The molecular weight excluding hydrogens is 486 g/mol. The van der Waals surface area contributed by atoms with Gasteiger partial charge in [0.25, 0.3) is 10.0 Å². The third-order valence-corrected chi connectivity index (χ3v) is 8.61. The number of hydrogen-bond acceptors (Lipinski definition) is 8. The molecule has 0 saturated heterocycles. The van der Waals surface area contributed by atoms with Crippen molar-refractivity contribution < 1.29 is 37.0 Å². The van der Waals surface area contributed by atoms with Crippen LogP contribution in [0.3, 0.4) is 0 Å². The van der Waals surface area contributed by atoms with Crippen LogP contribution in [0.1, 0.15) is 24.1 Å². The Kier molecular flexibility index (Phi) is 6.90. The predicted molar refractivity (Wildman–Crippen MR) is 130 cm³/mol. The van der Waals surface area contributed by atoms with Gasteiger partial charge in [0.1, 0.15) is 0 Å². The number of methoxy groups -OCH3 is 3. The predicted octanol–water partition coefficient (Wildman–Crippen LogP) is 2.88. The summed E-state index contributed by atoms with van der Waals surface area (Å²) in [6, 6.07) is 14.8. The molecule has 0 amide bonds. The van der Waals surface area contributed by atoms with E-state index < -0.39 is 39.3 Å². The minimum Gasteiger partial charge on any atom is -0.469 e. The van der Waals surface area contributed by atoms with E-state index in [0.717, 1.165) is 14.2 Å². The van der Waals surface area contributed by atoms with Crippen molar-refractivity contribution in [1.82, 2.24) is 3.97 Å². The van der Waals surface area contributed by atoms with Gasteiger partial charge in [0.2, 0.25) is 0 Å². The summed E-state index contributed by atoms with van der Waals surface area (Å²) in [5, 5.41) is 0.603. The third kappa shape index (κ3) is 4.05. The van der Waals surface area contributed by atoms with Crippen molar-refractivity contribution in [1.29, 1.82) is 0 Å². The number of hydrogen-bond donors (Lipinski definition) is 0. The minimum atomic E-state index is -4.15. The number of rotatable bonds is 5. The molecule has 10 heteroatoms. The molecule has 0 saturated carbocycles. The summed E-state index contributed by atoms with van der Waals surface area (Å²) < 4.78 is 44.2. The lowest BCUT2D eigenvalue weighted by Crippen LogP contribution is -2.45. The maximum Gasteiger partial charge on any atom is 0.323 e. The Hall–Kier alpha value is -3.66. The zero-order chi connectivity index (χ0) is 26.1. The van der Waals surface area contributed by atoms with E-state index >= 15 is 0 Å². The quantitative estimate of drug-likeness (QED) is 0.290. The molecule has 0 bridgehead atoms. The monoisotopic (exact) mass is 513 g/mol. The lowest BCUT2D eigenvalue weighted by molar-refractivity contribution is -0.171. The summed E-state index contributed by atoms with van der Waals surface area (Å²) in [6.45, 7) is 0. The Morgan fingerprint density at radius 3 is 2.11 bits per heavy atom. The summed E-state index contributed by atoms with van der Waals surface area (Å²) >= 11 is 0. The fourth-order valence-corrected chi connectivity index (χ4v) is 6.64. The van der Waals surface area contributed by atoms with E-state index in [1.165, 1.54) is 23.2 Å². The Labute approximate surface area is 209 Å². The highest BCUT2D eigenvalue weighted by Gasteiger charge is 2.51. The molecule has 0 aliphatic heterocycles. The van der Waals surface area contributed by atoms with Crippen molar-refractivity contribution in [2.75, 3.05) is 21.3 Å². The first kappa shape index (κ1) is 25.4. The summed E-state index contributed by atoms with van der Waals surface area (Å²) in [5.41, 5.74) is -0.703. The molecule has 190 valence electrons. The van der Waals surface area contributed by atoms with Gasteiger partial charge in [0.05, 0.1) is 37.7 Å². The Morgan fingerprint density at radius 2 is 1.50 bits per heavy atom. The number of nitrogens with zero attached hydrogens (tertiary/aromatic N) is 1. The fraction of sp³-hybridized carbons (Fsp3) is 0.346. The van der Waals surface area contributed by atoms with Crippen LogP contribution in [0.15, 0.2) is 59.5 Å². The lowest BCUT2D eigenvalue weighted by Gasteiger charge is -2.32. The first-order chi connectivity index (χ1) is 17.2. The molecule has 0 N–H and O–H groups in total. The van der Waals surface area contributed by atoms with Gasteiger partial charge in [-0.1, -0.05) is 36.4 Å². The molecule has 0 fully saturated rings. The maximum absolute atomic E-state index is 14.0. The molecule has 36 heavy (non-hydrogen) atoms. The second-order valence-corrected chi connectivity index (χ2v) is 10.5. The second-order valence-electron chi connectivity index (χ2n) is 8.73.